The lowest BCUT2D eigenvalue weighted by Gasteiger charge is -2.15. The van der Waals surface area contributed by atoms with Gasteiger partial charge in [0.25, 0.3) is 0 Å². The summed E-state index contributed by atoms with van der Waals surface area (Å²) >= 11 is 0. The topological polar surface area (TPSA) is 55.4 Å². The van der Waals surface area contributed by atoms with Crippen molar-refractivity contribution in [3.8, 4) is 0 Å². The lowest BCUT2D eigenvalue weighted by molar-refractivity contribution is 0.0365. The number of methoxy groups -OCH3 is 2. The van der Waals surface area contributed by atoms with Gasteiger partial charge in [-0.15, -0.1) is 0 Å². The molecule has 17 heavy (non-hydrogen) atoms. The van der Waals surface area contributed by atoms with Crippen molar-refractivity contribution in [1.29, 1.82) is 0 Å². The summed E-state index contributed by atoms with van der Waals surface area (Å²) in [6.45, 7) is 2.09. The second-order valence-corrected chi connectivity index (χ2v) is 3.77. The third kappa shape index (κ3) is 5.12. The van der Waals surface area contributed by atoms with Crippen LogP contribution in [0.1, 0.15) is 5.56 Å². The van der Waals surface area contributed by atoms with Crippen molar-refractivity contribution in [1.82, 2.24) is 10.3 Å². The highest BCUT2D eigenvalue weighted by Crippen LogP contribution is 2.07. The first-order valence-corrected chi connectivity index (χ1v) is 5.65. The fraction of sp³-hybridized carbons (Fsp3) is 0.583. The molecule has 0 spiro atoms. The van der Waals surface area contributed by atoms with Crippen LogP contribution in [0.2, 0.25) is 0 Å². The van der Waals surface area contributed by atoms with Gasteiger partial charge in [0.1, 0.15) is 5.82 Å². The van der Waals surface area contributed by atoms with Crippen LogP contribution in [0.4, 0.5) is 5.82 Å². The molecule has 1 heterocycles. The molecule has 0 aliphatic heterocycles. The maximum Gasteiger partial charge on any atom is 0.126 e. The highest BCUT2D eigenvalue weighted by atomic mass is 16.5. The van der Waals surface area contributed by atoms with Crippen molar-refractivity contribution in [3.63, 3.8) is 0 Å². The highest BCUT2D eigenvalue weighted by Gasteiger charge is 2.06. The van der Waals surface area contributed by atoms with Crippen LogP contribution in [0, 0.1) is 0 Å². The molecule has 1 rings (SSSR count). The number of pyridine rings is 1. The Bertz CT molecular complexity index is 320. The molecule has 0 aliphatic carbocycles. The minimum Gasteiger partial charge on any atom is -0.382 e. The van der Waals surface area contributed by atoms with E-state index in [1.54, 1.807) is 20.4 Å². The van der Waals surface area contributed by atoms with Crippen LogP contribution < -0.4 is 10.6 Å². The van der Waals surface area contributed by atoms with Crippen molar-refractivity contribution in [2.75, 3.05) is 39.7 Å². The summed E-state index contributed by atoms with van der Waals surface area (Å²) in [6.07, 6.45) is 1.84. The van der Waals surface area contributed by atoms with E-state index in [9.17, 15) is 0 Å². The first-order chi connectivity index (χ1) is 8.30. The Morgan fingerprint density at radius 2 is 2.24 bits per heavy atom. The van der Waals surface area contributed by atoms with Gasteiger partial charge >= 0.3 is 0 Å². The summed E-state index contributed by atoms with van der Waals surface area (Å²) in [5.41, 5.74) is 1.20. The van der Waals surface area contributed by atoms with Crippen molar-refractivity contribution >= 4 is 5.82 Å². The molecule has 1 aromatic rings. The predicted molar refractivity (Wildman–Crippen MR) is 68.2 cm³/mol. The summed E-state index contributed by atoms with van der Waals surface area (Å²) in [5.74, 6) is 0.857. The molecule has 1 aromatic heterocycles. The van der Waals surface area contributed by atoms with E-state index in [0.717, 1.165) is 12.4 Å². The van der Waals surface area contributed by atoms with Crippen molar-refractivity contribution in [2.24, 2.45) is 0 Å². The lowest BCUT2D eigenvalue weighted by Crippen LogP contribution is -2.26. The summed E-state index contributed by atoms with van der Waals surface area (Å²) in [5, 5.41) is 6.34. The van der Waals surface area contributed by atoms with Crippen LogP contribution in [-0.2, 0) is 16.0 Å². The molecule has 0 radical (unpaired) electrons. The van der Waals surface area contributed by atoms with Gasteiger partial charge in [-0.05, 0) is 24.7 Å². The fourth-order valence-electron chi connectivity index (χ4n) is 1.50. The SMILES string of the molecule is CNCc1ccnc(NCC(COC)OC)c1. The van der Waals surface area contributed by atoms with Crippen molar-refractivity contribution < 1.29 is 9.47 Å². The molecule has 5 nitrogen and oxygen atoms in total. The Hall–Kier alpha value is -1.17. The Labute approximate surface area is 103 Å². The molecule has 2 N–H and O–H groups in total. The molecule has 0 saturated carbocycles. The van der Waals surface area contributed by atoms with E-state index < -0.39 is 0 Å². The van der Waals surface area contributed by atoms with E-state index in [4.69, 9.17) is 9.47 Å². The van der Waals surface area contributed by atoms with Gasteiger partial charge in [0.05, 0.1) is 12.7 Å². The van der Waals surface area contributed by atoms with E-state index >= 15 is 0 Å². The van der Waals surface area contributed by atoms with Crippen LogP contribution in [0.5, 0.6) is 0 Å². The first kappa shape index (κ1) is 13.9. The smallest absolute Gasteiger partial charge is 0.126 e. The predicted octanol–water partition coefficient (Wildman–Crippen LogP) is 0.874. The molecular weight excluding hydrogens is 218 g/mol. The average molecular weight is 239 g/mol. The third-order valence-corrected chi connectivity index (χ3v) is 2.40. The van der Waals surface area contributed by atoms with Gasteiger partial charge in [-0.3, -0.25) is 0 Å². The summed E-state index contributed by atoms with van der Waals surface area (Å²) in [4.78, 5) is 4.25. The number of aromatic nitrogens is 1. The van der Waals surface area contributed by atoms with Gasteiger partial charge in [0.2, 0.25) is 0 Å². The first-order valence-electron chi connectivity index (χ1n) is 5.65. The zero-order chi connectivity index (χ0) is 12.5. The third-order valence-electron chi connectivity index (χ3n) is 2.40. The van der Waals surface area contributed by atoms with E-state index in [-0.39, 0.29) is 6.10 Å². The minimum atomic E-state index is 0.0368. The lowest BCUT2D eigenvalue weighted by atomic mass is 10.2. The van der Waals surface area contributed by atoms with Crippen LogP contribution >= 0.6 is 0 Å². The quantitative estimate of drug-likeness (QED) is 0.705. The van der Waals surface area contributed by atoms with Crippen LogP contribution in [0.25, 0.3) is 0 Å². The summed E-state index contributed by atoms with van der Waals surface area (Å²) in [7, 11) is 5.26. The largest absolute Gasteiger partial charge is 0.382 e. The molecule has 5 heteroatoms. The molecular formula is C12H21N3O2. The normalized spacial score (nSPS) is 12.4. The minimum absolute atomic E-state index is 0.0368. The molecule has 0 fully saturated rings. The van der Waals surface area contributed by atoms with Crippen molar-refractivity contribution in [2.45, 2.75) is 12.6 Å². The van der Waals surface area contributed by atoms with Crippen LogP contribution in [-0.4, -0.2) is 45.5 Å². The number of anilines is 1. The van der Waals surface area contributed by atoms with E-state index in [2.05, 4.69) is 15.6 Å². The van der Waals surface area contributed by atoms with Gasteiger partial charge in [0, 0.05) is 33.5 Å². The molecule has 0 amide bonds. The van der Waals surface area contributed by atoms with Crippen LogP contribution in [0.15, 0.2) is 18.3 Å². The Kier molecular flexibility index (Phi) is 6.54. The monoisotopic (exact) mass is 239 g/mol. The van der Waals surface area contributed by atoms with Crippen molar-refractivity contribution in [3.05, 3.63) is 23.9 Å². The average Bonchev–Trinajstić information content (AvgIpc) is 2.35. The molecule has 1 atom stereocenters. The Morgan fingerprint density at radius 1 is 1.41 bits per heavy atom. The Morgan fingerprint density at radius 3 is 2.88 bits per heavy atom. The molecule has 96 valence electrons. The van der Waals surface area contributed by atoms with Gasteiger partial charge in [0.15, 0.2) is 0 Å². The maximum atomic E-state index is 5.26. The molecule has 0 aliphatic rings. The second-order valence-electron chi connectivity index (χ2n) is 3.77. The number of nitrogens with one attached hydrogen (secondary N) is 2. The molecule has 0 saturated heterocycles. The second kappa shape index (κ2) is 8.00. The molecule has 1 unspecified atom stereocenters. The van der Waals surface area contributed by atoms with E-state index in [0.29, 0.717) is 13.2 Å². The highest BCUT2D eigenvalue weighted by molar-refractivity contribution is 5.37. The molecule has 0 bridgehead atoms. The standard InChI is InChI=1S/C12H21N3O2/c1-13-7-10-4-5-14-12(6-10)15-8-11(17-3)9-16-2/h4-6,11,13H,7-9H2,1-3H3,(H,14,15). The summed E-state index contributed by atoms with van der Waals surface area (Å²) < 4.78 is 10.3. The zero-order valence-electron chi connectivity index (χ0n) is 10.7. The number of rotatable bonds is 8. The summed E-state index contributed by atoms with van der Waals surface area (Å²) in [6, 6.07) is 4.01. The van der Waals surface area contributed by atoms with E-state index in [1.165, 1.54) is 5.56 Å². The van der Waals surface area contributed by atoms with Gasteiger partial charge in [-0.2, -0.15) is 0 Å². The zero-order valence-corrected chi connectivity index (χ0v) is 10.7. The van der Waals surface area contributed by atoms with Gasteiger partial charge < -0.3 is 20.1 Å². The number of ether oxygens (including phenoxy) is 2. The van der Waals surface area contributed by atoms with Gasteiger partial charge in [-0.25, -0.2) is 4.98 Å². The number of nitrogens with zero attached hydrogens (tertiary/aromatic N) is 1. The van der Waals surface area contributed by atoms with Gasteiger partial charge in [-0.1, -0.05) is 0 Å². The van der Waals surface area contributed by atoms with E-state index in [1.807, 2.05) is 19.2 Å². The number of hydrogen-bond donors (Lipinski definition) is 2. The number of hydrogen-bond acceptors (Lipinski definition) is 5. The van der Waals surface area contributed by atoms with Crippen LogP contribution in [0.3, 0.4) is 0 Å². The molecule has 0 aromatic carbocycles. The fourth-order valence-corrected chi connectivity index (χ4v) is 1.50. The Balaban J connectivity index is 2.47. The maximum absolute atomic E-state index is 5.26.